The van der Waals surface area contributed by atoms with Gasteiger partial charge in [-0.2, -0.15) is 0 Å². The van der Waals surface area contributed by atoms with E-state index in [9.17, 15) is 9.59 Å². The lowest BCUT2D eigenvalue weighted by molar-refractivity contribution is -0.137. The second-order valence-electron chi connectivity index (χ2n) is 7.05. The molecule has 1 unspecified atom stereocenters. The first-order valence-corrected chi connectivity index (χ1v) is 10.1. The van der Waals surface area contributed by atoms with Gasteiger partial charge in [0, 0.05) is 39.0 Å². The summed E-state index contributed by atoms with van der Waals surface area (Å²) in [5.41, 5.74) is 6.79. The van der Waals surface area contributed by atoms with E-state index in [1.807, 2.05) is 29.2 Å². The van der Waals surface area contributed by atoms with Gasteiger partial charge in [0.15, 0.2) is 5.13 Å². The average Bonchev–Trinajstić information content (AvgIpc) is 3.24. The molecular formula is C19H24N4O4S. The number of rotatable bonds is 2. The third-order valence-corrected chi connectivity index (χ3v) is 5.90. The number of anilines is 1. The van der Waals surface area contributed by atoms with Crippen molar-refractivity contribution in [3.63, 3.8) is 0 Å². The van der Waals surface area contributed by atoms with Gasteiger partial charge in [0.2, 0.25) is 11.8 Å². The molecule has 8 nitrogen and oxygen atoms in total. The van der Waals surface area contributed by atoms with Crippen LogP contribution in [0.15, 0.2) is 24.3 Å². The van der Waals surface area contributed by atoms with Gasteiger partial charge in [-0.25, -0.2) is 4.98 Å². The SMILES string of the molecule is CC(=O)O.NC1CCN(C(=O)C2CC(=O)N(c3nc4ccccc4s3)C2)CC1. The fraction of sp³-hybridized carbons (Fsp3) is 0.474. The Kier molecular flexibility index (Phi) is 6.25. The van der Waals surface area contributed by atoms with Crippen molar-refractivity contribution in [2.24, 2.45) is 11.7 Å². The average molecular weight is 404 g/mol. The monoisotopic (exact) mass is 404 g/mol. The van der Waals surface area contributed by atoms with E-state index in [4.69, 9.17) is 15.6 Å². The number of piperidine rings is 1. The van der Waals surface area contributed by atoms with Crippen LogP contribution in [0.4, 0.5) is 5.13 Å². The molecule has 0 saturated carbocycles. The molecule has 28 heavy (non-hydrogen) atoms. The summed E-state index contributed by atoms with van der Waals surface area (Å²) in [5, 5.41) is 8.11. The van der Waals surface area contributed by atoms with Crippen LogP contribution >= 0.6 is 11.3 Å². The number of benzene rings is 1. The van der Waals surface area contributed by atoms with E-state index >= 15 is 0 Å². The normalized spacial score (nSPS) is 20.2. The number of para-hydroxylation sites is 1. The van der Waals surface area contributed by atoms with Crippen molar-refractivity contribution in [2.75, 3.05) is 24.5 Å². The van der Waals surface area contributed by atoms with Gasteiger partial charge in [0.1, 0.15) is 0 Å². The molecule has 2 amide bonds. The Morgan fingerprint density at radius 3 is 2.54 bits per heavy atom. The van der Waals surface area contributed by atoms with Crippen LogP contribution in [0.25, 0.3) is 10.2 Å². The summed E-state index contributed by atoms with van der Waals surface area (Å²) in [6.07, 6.45) is 1.96. The van der Waals surface area contributed by atoms with Gasteiger partial charge in [0.25, 0.3) is 5.97 Å². The van der Waals surface area contributed by atoms with Crippen LogP contribution in [-0.2, 0) is 14.4 Å². The molecule has 4 rings (SSSR count). The molecule has 9 heteroatoms. The third-order valence-electron chi connectivity index (χ3n) is 4.84. The summed E-state index contributed by atoms with van der Waals surface area (Å²) in [5.74, 6) is -1.03. The highest BCUT2D eigenvalue weighted by Crippen LogP contribution is 2.33. The molecule has 3 N–H and O–H groups in total. The lowest BCUT2D eigenvalue weighted by Crippen LogP contribution is -2.45. The molecule has 0 spiro atoms. The number of hydrogen-bond acceptors (Lipinski definition) is 6. The molecule has 1 atom stereocenters. The summed E-state index contributed by atoms with van der Waals surface area (Å²) in [4.78, 5) is 42.2. The summed E-state index contributed by atoms with van der Waals surface area (Å²) in [6.45, 7) is 2.91. The summed E-state index contributed by atoms with van der Waals surface area (Å²) in [6, 6.07) is 8.03. The van der Waals surface area contributed by atoms with Crippen LogP contribution in [0, 0.1) is 5.92 Å². The molecule has 0 bridgehead atoms. The van der Waals surface area contributed by atoms with Crippen LogP contribution in [0.1, 0.15) is 26.2 Å². The van der Waals surface area contributed by atoms with Crippen molar-refractivity contribution in [1.29, 1.82) is 0 Å². The van der Waals surface area contributed by atoms with E-state index in [0.29, 0.717) is 24.8 Å². The van der Waals surface area contributed by atoms with Crippen LogP contribution < -0.4 is 10.6 Å². The first-order chi connectivity index (χ1) is 13.3. The van der Waals surface area contributed by atoms with Crippen LogP contribution in [-0.4, -0.2) is 58.5 Å². The zero-order valence-corrected chi connectivity index (χ0v) is 16.5. The quantitative estimate of drug-likeness (QED) is 0.787. The van der Waals surface area contributed by atoms with Gasteiger partial charge < -0.3 is 15.7 Å². The molecule has 2 aromatic rings. The number of nitrogens with two attached hydrogens (primary N) is 1. The number of carboxylic acids is 1. The summed E-state index contributed by atoms with van der Waals surface area (Å²) >= 11 is 1.50. The maximum absolute atomic E-state index is 12.7. The van der Waals surface area contributed by atoms with E-state index in [-0.39, 0.29) is 30.2 Å². The number of nitrogens with zero attached hydrogens (tertiary/aromatic N) is 3. The fourth-order valence-electron chi connectivity index (χ4n) is 3.41. The Morgan fingerprint density at radius 2 is 1.89 bits per heavy atom. The highest BCUT2D eigenvalue weighted by atomic mass is 32.1. The summed E-state index contributed by atoms with van der Waals surface area (Å²) < 4.78 is 1.06. The minimum Gasteiger partial charge on any atom is -0.481 e. The number of fused-ring (bicyclic) bond motifs is 1. The van der Waals surface area contributed by atoms with Crippen molar-refractivity contribution in [3.8, 4) is 0 Å². The highest BCUT2D eigenvalue weighted by Gasteiger charge is 2.38. The third kappa shape index (κ3) is 4.66. The molecule has 3 heterocycles. The number of amides is 2. The second-order valence-corrected chi connectivity index (χ2v) is 8.06. The lowest BCUT2D eigenvalue weighted by Gasteiger charge is -2.31. The van der Waals surface area contributed by atoms with Gasteiger partial charge in [-0.15, -0.1) is 0 Å². The first kappa shape index (κ1) is 20.2. The molecule has 150 valence electrons. The lowest BCUT2D eigenvalue weighted by atomic mass is 10.0. The van der Waals surface area contributed by atoms with Crippen molar-refractivity contribution in [3.05, 3.63) is 24.3 Å². The highest BCUT2D eigenvalue weighted by molar-refractivity contribution is 7.22. The molecule has 2 aliphatic heterocycles. The second kappa shape index (κ2) is 8.66. The zero-order chi connectivity index (χ0) is 20.3. The van der Waals surface area contributed by atoms with Crippen LogP contribution in [0.3, 0.4) is 0 Å². The van der Waals surface area contributed by atoms with Gasteiger partial charge >= 0.3 is 0 Å². The number of carboxylic acid groups (broad SMARTS) is 1. The van der Waals surface area contributed by atoms with Crippen LogP contribution in [0.5, 0.6) is 0 Å². The fourth-order valence-corrected chi connectivity index (χ4v) is 4.40. The number of likely N-dealkylation sites (tertiary alicyclic amines) is 1. The predicted octanol–water partition coefficient (Wildman–Crippen LogP) is 1.69. The minimum atomic E-state index is -0.833. The minimum absolute atomic E-state index is 0.0129. The van der Waals surface area contributed by atoms with Gasteiger partial charge in [-0.1, -0.05) is 23.5 Å². The molecule has 2 saturated heterocycles. The maximum Gasteiger partial charge on any atom is 0.300 e. The molecule has 1 aromatic carbocycles. The Hall–Kier alpha value is -2.52. The van der Waals surface area contributed by atoms with Crippen LogP contribution in [0.2, 0.25) is 0 Å². The number of hydrogen-bond donors (Lipinski definition) is 2. The summed E-state index contributed by atoms with van der Waals surface area (Å²) in [7, 11) is 0. The predicted molar refractivity (Wildman–Crippen MR) is 107 cm³/mol. The van der Waals surface area contributed by atoms with Gasteiger partial charge in [-0.3, -0.25) is 19.3 Å². The first-order valence-electron chi connectivity index (χ1n) is 9.25. The van der Waals surface area contributed by atoms with E-state index in [2.05, 4.69) is 4.98 Å². The number of aliphatic carboxylic acids is 1. The largest absolute Gasteiger partial charge is 0.481 e. The molecule has 2 fully saturated rings. The van der Waals surface area contributed by atoms with E-state index in [0.717, 1.165) is 30.0 Å². The Bertz CT molecular complexity index is 839. The number of aromatic nitrogens is 1. The van der Waals surface area contributed by atoms with Crippen molar-refractivity contribution < 1.29 is 19.5 Å². The van der Waals surface area contributed by atoms with Gasteiger partial charge in [0.05, 0.1) is 16.1 Å². The molecule has 2 aliphatic rings. The van der Waals surface area contributed by atoms with E-state index in [1.165, 1.54) is 11.3 Å². The van der Waals surface area contributed by atoms with Crippen molar-refractivity contribution in [1.82, 2.24) is 9.88 Å². The van der Waals surface area contributed by atoms with E-state index < -0.39 is 5.97 Å². The standard InChI is InChI=1S/C17H20N4O2S.C2H4O2/c18-12-5-7-20(8-6-12)16(23)11-9-15(22)21(10-11)17-19-13-3-1-2-4-14(13)24-17;1-2(3)4/h1-4,11-12H,5-10,18H2;1H3,(H,3,4). The number of carbonyl (C=O) groups excluding carboxylic acids is 2. The van der Waals surface area contributed by atoms with Gasteiger partial charge in [-0.05, 0) is 25.0 Å². The molecule has 0 radical (unpaired) electrons. The molecule has 1 aromatic heterocycles. The molecular weight excluding hydrogens is 380 g/mol. The van der Waals surface area contributed by atoms with Crippen molar-refractivity contribution >= 4 is 44.5 Å². The zero-order valence-electron chi connectivity index (χ0n) is 15.7. The maximum atomic E-state index is 12.7. The number of carbonyl (C=O) groups is 3. The molecule has 0 aliphatic carbocycles. The van der Waals surface area contributed by atoms with E-state index in [1.54, 1.807) is 4.90 Å². The Labute approximate surface area is 166 Å². The Balaban J connectivity index is 0.000000516. The van der Waals surface area contributed by atoms with Crippen molar-refractivity contribution in [2.45, 2.75) is 32.2 Å². The topological polar surface area (TPSA) is 117 Å². The Morgan fingerprint density at radius 1 is 1.25 bits per heavy atom. The number of thiazole rings is 1. The smallest absolute Gasteiger partial charge is 0.300 e.